The van der Waals surface area contributed by atoms with Crippen molar-refractivity contribution in [3.05, 3.63) is 296 Å². The number of nitrogens with zero attached hydrogens (tertiary/aromatic N) is 5. The van der Waals surface area contributed by atoms with Crippen LogP contribution >= 0.6 is 0 Å². The second kappa shape index (κ2) is 25.7. The molecule has 0 aliphatic heterocycles. The summed E-state index contributed by atoms with van der Waals surface area (Å²) < 4.78 is 6.84. The molecule has 79 heavy (non-hydrogen) atoms. The van der Waals surface area contributed by atoms with Gasteiger partial charge in [-0.05, 0) is 99.1 Å². The Morgan fingerprint density at radius 1 is 0.354 bits per heavy atom. The van der Waals surface area contributed by atoms with Gasteiger partial charge in [0.15, 0.2) is 0 Å². The standard InChI is InChI=1S/C71H48N5O.Ir.Pt/c1-3-17-52(18-4-1)65-47-57(68-26-10-13-39-73-68)34-32-54(65)30-28-50-43-51(29-31-55-33-35-58(69-27-11-14-40-74-69)48-66(55)53-19-5-2-6-20-53)45-60(44-50)62-23-7-8-24-63(62)64-37-36-59(71-75-41-16-42-76-71)49-70(64)77-61-22-15-21-56(46-61)67-25-9-12-38-72-67;;/h1-27,32-33,37-45,47-48H,28-31H2;;/q-5;+3;+2. The number of aryl methyl sites for hydroxylation is 4. The second-order valence-electron chi connectivity index (χ2n) is 18.7. The Hall–Kier alpha value is -8.57. The number of benzene rings is 8. The minimum Gasteiger partial charge on any atom is -0.515 e. The largest absolute Gasteiger partial charge is 3.00 e. The van der Waals surface area contributed by atoms with Crippen LogP contribution in [0.25, 0.3) is 89.7 Å². The molecule has 0 N–H and O–H groups in total. The predicted octanol–water partition coefficient (Wildman–Crippen LogP) is 16.4. The molecule has 4 aromatic heterocycles. The molecule has 6 nitrogen and oxygen atoms in total. The van der Waals surface area contributed by atoms with Gasteiger partial charge in [-0.2, -0.15) is 0 Å². The van der Waals surface area contributed by atoms with Gasteiger partial charge < -0.3 is 29.7 Å². The molecule has 0 unspecified atom stereocenters. The van der Waals surface area contributed by atoms with Crippen molar-refractivity contribution in [2.24, 2.45) is 0 Å². The quantitative estimate of drug-likeness (QED) is 0.0898. The monoisotopic (exact) mass is 1370 g/mol. The molecule has 0 spiro atoms. The zero-order valence-electron chi connectivity index (χ0n) is 42.7. The zero-order valence-corrected chi connectivity index (χ0v) is 47.4. The molecule has 0 aliphatic carbocycles. The number of ether oxygens (including phenoxy) is 1. The van der Waals surface area contributed by atoms with E-state index >= 15 is 0 Å². The van der Waals surface area contributed by atoms with E-state index in [1.807, 2.05) is 91.3 Å². The van der Waals surface area contributed by atoms with Gasteiger partial charge >= 0.3 is 41.2 Å². The van der Waals surface area contributed by atoms with Crippen LogP contribution in [-0.4, -0.2) is 24.9 Å². The van der Waals surface area contributed by atoms with Crippen LogP contribution in [-0.2, 0) is 66.9 Å². The van der Waals surface area contributed by atoms with Gasteiger partial charge in [0.25, 0.3) is 0 Å². The topological polar surface area (TPSA) is 73.7 Å². The number of rotatable bonds is 16. The second-order valence-corrected chi connectivity index (χ2v) is 18.7. The summed E-state index contributed by atoms with van der Waals surface area (Å²) in [5.74, 6) is 1.53. The fourth-order valence-electron chi connectivity index (χ4n) is 9.85. The van der Waals surface area contributed by atoms with Crippen LogP contribution in [0.5, 0.6) is 11.5 Å². The molecule has 0 saturated heterocycles. The predicted molar refractivity (Wildman–Crippen MR) is 307 cm³/mol. The molecule has 0 fully saturated rings. The number of aromatic nitrogens is 5. The van der Waals surface area contributed by atoms with Crippen molar-refractivity contribution in [2.75, 3.05) is 0 Å². The Morgan fingerprint density at radius 2 is 0.861 bits per heavy atom. The van der Waals surface area contributed by atoms with Gasteiger partial charge in [-0.25, -0.2) is 17.7 Å². The molecule has 0 saturated carbocycles. The maximum Gasteiger partial charge on any atom is 3.00 e. The Balaban J connectivity index is 0.00000352. The molecule has 12 aromatic rings. The maximum absolute atomic E-state index is 6.84. The van der Waals surface area contributed by atoms with E-state index in [0.29, 0.717) is 22.9 Å². The normalized spacial score (nSPS) is 10.8. The fraction of sp³-hybridized carbons (Fsp3) is 0.0563. The van der Waals surface area contributed by atoms with Crippen molar-refractivity contribution in [2.45, 2.75) is 25.7 Å². The fourth-order valence-corrected chi connectivity index (χ4v) is 9.85. The van der Waals surface area contributed by atoms with Gasteiger partial charge in [-0.3, -0.25) is 6.07 Å². The third kappa shape index (κ3) is 12.7. The summed E-state index contributed by atoms with van der Waals surface area (Å²) in [7, 11) is 0. The summed E-state index contributed by atoms with van der Waals surface area (Å²) in [6.07, 6.45) is 12.1. The summed E-state index contributed by atoms with van der Waals surface area (Å²) >= 11 is 0. The zero-order chi connectivity index (χ0) is 51.6. The van der Waals surface area contributed by atoms with E-state index in [1.165, 1.54) is 33.4 Å². The average Bonchev–Trinajstić information content (AvgIpc) is 3.55. The van der Waals surface area contributed by atoms with Gasteiger partial charge in [0.1, 0.15) is 0 Å². The molecule has 0 amide bonds. The molecule has 0 atom stereocenters. The van der Waals surface area contributed by atoms with Gasteiger partial charge in [-0.15, -0.1) is 88.0 Å². The van der Waals surface area contributed by atoms with Gasteiger partial charge in [-0.1, -0.05) is 175 Å². The van der Waals surface area contributed by atoms with Gasteiger partial charge in [0, 0.05) is 36.7 Å². The molecule has 0 radical (unpaired) electrons. The summed E-state index contributed by atoms with van der Waals surface area (Å²) in [4.78, 5) is 23.0. The molecule has 12 rings (SSSR count). The third-order valence-corrected chi connectivity index (χ3v) is 13.6. The Kier molecular flexibility index (Phi) is 17.5. The van der Waals surface area contributed by atoms with Crippen LogP contribution < -0.4 is 4.74 Å². The summed E-state index contributed by atoms with van der Waals surface area (Å²) in [6, 6.07) is 90.8. The first kappa shape index (κ1) is 53.8. The number of hydrogen-bond donors (Lipinski definition) is 0. The van der Waals surface area contributed by atoms with E-state index in [9.17, 15) is 0 Å². The minimum atomic E-state index is 0. The van der Waals surface area contributed by atoms with Crippen molar-refractivity contribution in [3.63, 3.8) is 0 Å². The van der Waals surface area contributed by atoms with Crippen molar-refractivity contribution in [3.8, 4) is 101 Å². The SMILES string of the molecule is [Ir+3].[Pt+2].[c-]1cc(-c2ccccc2-c2cc(CCc3c[c-]c(-c4ccccn4)cc3-c3ccccc3)cc(CCc3c[c-]c(-c4ccccn4)cc3-c3ccccc3)c2)c(Oc2[c-]c(-c3ccccn3)ccc2)[c-]c1-c1ncccn1. The van der Waals surface area contributed by atoms with Crippen LogP contribution in [0.15, 0.2) is 243 Å². The van der Waals surface area contributed by atoms with Gasteiger partial charge in [0.05, 0.1) is 0 Å². The third-order valence-electron chi connectivity index (χ3n) is 13.6. The first-order valence-electron chi connectivity index (χ1n) is 25.8. The maximum atomic E-state index is 6.84. The van der Waals surface area contributed by atoms with Crippen LogP contribution in [0.2, 0.25) is 0 Å². The van der Waals surface area contributed by atoms with Crippen LogP contribution in [0.1, 0.15) is 22.3 Å². The molecule has 0 aliphatic rings. The molecule has 8 aromatic carbocycles. The van der Waals surface area contributed by atoms with E-state index in [0.717, 1.165) is 92.8 Å². The van der Waals surface area contributed by atoms with E-state index in [4.69, 9.17) is 4.74 Å². The van der Waals surface area contributed by atoms with Crippen molar-refractivity contribution >= 4 is 0 Å². The van der Waals surface area contributed by atoms with Crippen molar-refractivity contribution in [1.82, 2.24) is 24.9 Å². The van der Waals surface area contributed by atoms with Crippen LogP contribution in [0, 0.1) is 30.3 Å². The molecular weight excluding hydrogens is 1330 g/mol. The summed E-state index contributed by atoms with van der Waals surface area (Å²) in [5.41, 5.74) is 19.5. The molecular formula is C71H48IrN5OPt. The van der Waals surface area contributed by atoms with Crippen molar-refractivity contribution < 1.29 is 45.9 Å². The Labute approximate surface area is 490 Å². The summed E-state index contributed by atoms with van der Waals surface area (Å²) in [5, 5.41) is 0. The number of hydrogen-bond acceptors (Lipinski definition) is 6. The molecule has 382 valence electrons. The number of pyridine rings is 3. The molecule has 8 heteroatoms. The molecule has 0 bridgehead atoms. The smallest absolute Gasteiger partial charge is 0.515 e. The Bertz CT molecular complexity index is 3800. The first-order chi connectivity index (χ1) is 38.1. The van der Waals surface area contributed by atoms with E-state index < -0.39 is 0 Å². The Morgan fingerprint density at radius 3 is 1.41 bits per heavy atom. The van der Waals surface area contributed by atoms with Crippen molar-refractivity contribution in [1.29, 1.82) is 0 Å². The van der Waals surface area contributed by atoms with Crippen LogP contribution in [0.4, 0.5) is 0 Å². The average molecular weight is 1370 g/mol. The first-order valence-corrected chi connectivity index (χ1v) is 25.8. The molecule has 4 heterocycles. The van der Waals surface area contributed by atoms with E-state index in [2.05, 4.69) is 183 Å². The van der Waals surface area contributed by atoms with E-state index in [-0.39, 0.29) is 41.2 Å². The van der Waals surface area contributed by atoms with E-state index in [1.54, 1.807) is 24.7 Å². The minimum absolute atomic E-state index is 0. The van der Waals surface area contributed by atoms with Gasteiger partial charge in [0.2, 0.25) is 0 Å². The summed E-state index contributed by atoms with van der Waals surface area (Å²) in [6.45, 7) is 0. The van der Waals surface area contributed by atoms with Crippen LogP contribution in [0.3, 0.4) is 0 Å².